The second-order valence-electron chi connectivity index (χ2n) is 5.65. The van der Waals surface area contributed by atoms with Crippen LogP contribution in [0.4, 0.5) is 4.39 Å². The number of nitrogens with one attached hydrogen (secondary N) is 1. The molecular formula is C15H19FN2O2. The maximum atomic E-state index is 13.3. The first-order valence-electron chi connectivity index (χ1n) is 6.69. The van der Waals surface area contributed by atoms with Crippen molar-refractivity contribution in [2.45, 2.75) is 38.8 Å². The van der Waals surface area contributed by atoms with Gasteiger partial charge in [-0.3, -0.25) is 9.59 Å². The summed E-state index contributed by atoms with van der Waals surface area (Å²) in [4.78, 5) is 25.8. The van der Waals surface area contributed by atoms with E-state index in [2.05, 4.69) is 5.32 Å². The van der Waals surface area contributed by atoms with Gasteiger partial charge in [-0.1, -0.05) is 12.1 Å². The number of carbonyl (C=O) groups excluding carboxylic acids is 2. The molecule has 1 unspecified atom stereocenters. The standard InChI is InChI=1S/C15H19FN2O2/c1-10(11-5-4-6-12(16)9-11)18-8-7-13(19)17-15(2,3)14(18)20/h4-6,9-10H,7-8H2,1-3H3,(H,17,19). The molecule has 1 aliphatic heterocycles. The first-order valence-corrected chi connectivity index (χ1v) is 6.69. The van der Waals surface area contributed by atoms with Gasteiger partial charge in [-0.2, -0.15) is 0 Å². The summed E-state index contributed by atoms with van der Waals surface area (Å²) in [6, 6.07) is 5.93. The molecule has 1 aromatic carbocycles. The smallest absolute Gasteiger partial charge is 0.248 e. The van der Waals surface area contributed by atoms with Gasteiger partial charge < -0.3 is 10.2 Å². The first-order chi connectivity index (χ1) is 9.31. The Balaban J connectivity index is 2.30. The van der Waals surface area contributed by atoms with Gasteiger partial charge in [0.05, 0.1) is 6.04 Å². The molecule has 1 saturated heterocycles. The lowest BCUT2D eigenvalue weighted by Gasteiger charge is -2.33. The van der Waals surface area contributed by atoms with Crippen LogP contribution in [0.15, 0.2) is 24.3 Å². The van der Waals surface area contributed by atoms with Crippen molar-refractivity contribution in [2.75, 3.05) is 6.54 Å². The Morgan fingerprint density at radius 2 is 2.05 bits per heavy atom. The van der Waals surface area contributed by atoms with Crippen molar-refractivity contribution in [1.29, 1.82) is 0 Å². The molecule has 0 radical (unpaired) electrons. The summed E-state index contributed by atoms with van der Waals surface area (Å²) in [6.45, 7) is 5.55. The van der Waals surface area contributed by atoms with Crippen LogP contribution >= 0.6 is 0 Å². The van der Waals surface area contributed by atoms with Gasteiger partial charge in [0, 0.05) is 13.0 Å². The zero-order valence-corrected chi connectivity index (χ0v) is 11.9. The molecule has 4 nitrogen and oxygen atoms in total. The van der Waals surface area contributed by atoms with Gasteiger partial charge in [0.15, 0.2) is 0 Å². The fourth-order valence-corrected chi connectivity index (χ4v) is 2.46. The Morgan fingerprint density at radius 1 is 1.35 bits per heavy atom. The molecule has 2 rings (SSSR count). The van der Waals surface area contributed by atoms with Crippen molar-refractivity contribution in [3.63, 3.8) is 0 Å². The van der Waals surface area contributed by atoms with E-state index in [1.54, 1.807) is 30.9 Å². The minimum Gasteiger partial charge on any atom is -0.342 e. The van der Waals surface area contributed by atoms with Gasteiger partial charge in [0.2, 0.25) is 11.8 Å². The lowest BCUT2D eigenvalue weighted by atomic mass is 10.0. The van der Waals surface area contributed by atoms with E-state index >= 15 is 0 Å². The van der Waals surface area contributed by atoms with Crippen LogP contribution in [0.1, 0.15) is 38.8 Å². The van der Waals surface area contributed by atoms with Crippen LogP contribution in [-0.2, 0) is 9.59 Å². The number of hydrogen-bond acceptors (Lipinski definition) is 2. The van der Waals surface area contributed by atoms with Gasteiger partial charge in [-0.05, 0) is 38.5 Å². The predicted molar refractivity (Wildman–Crippen MR) is 73.4 cm³/mol. The molecule has 0 saturated carbocycles. The highest BCUT2D eigenvalue weighted by atomic mass is 19.1. The molecule has 1 aromatic rings. The number of amides is 2. The van der Waals surface area contributed by atoms with Crippen molar-refractivity contribution in [1.82, 2.24) is 10.2 Å². The maximum Gasteiger partial charge on any atom is 0.248 e. The van der Waals surface area contributed by atoms with Crippen molar-refractivity contribution in [3.8, 4) is 0 Å². The number of rotatable bonds is 2. The minimum absolute atomic E-state index is 0.141. The fraction of sp³-hybridized carbons (Fsp3) is 0.467. The molecule has 0 spiro atoms. The fourth-order valence-electron chi connectivity index (χ4n) is 2.46. The molecule has 2 amide bonds. The molecule has 1 atom stereocenters. The van der Waals surface area contributed by atoms with Crippen molar-refractivity contribution in [2.24, 2.45) is 0 Å². The average Bonchev–Trinajstić information content (AvgIpc) is 2.46. The van der Waals surface area contributed by atoms with Crippen LogP contribution in [0, 0.1) is 5.82 Å². The second kappa shape index (κ2) is 5.23. The number of halogens is 1. The summed E-state index contributed by atoms with van der Waals surface area (Å²) >= 11 is 0. The highest BCUT2D eigenvalue weighted by molar-refractivity contribution is 5.93. The topological polar surface area (TPSA) is 49.4 Å². The highest BCUT2D eigenvalue weighted by Crippen LogP contribution is 2.25. The van der Waals surface area contributed by atoms with Crippen LogP contribution in [0.3, 0.4) is 0 Å². The third kappa shape index (κ3) is 2.81. The molecule has 1 N–H and O–H groups in total. The second-order valence-corrected chi connectivity index (χ2v) is 5.65. The highest BCUT2D eigenvalue weighted by Gasteiger charge is 2.38. The van der Waals surface area contributed by atoms with Crippen LogP contribution in [0.5, 0.6) is 0 Å². The van der Waals surface area contributed by atoms with Crippen LogP contribution in [0.25, 0.3) is 0 Å². The molecule has 5 heteroatoms. The summed E-state index contributed by atoms with van der Waals surface area (Å²) in [7, 11) is 0. The van der Waals surface area contributed by atoms with Gasteiger partial charge in [0.25, 0.3) is 0 Å². The Kier molecular flexibility index (Phi) is 3.79. The lowest BCUT2D eigenvalue weighted by Crippen LogP contribution is -2.53. The number of benzene rings is 1. The Labute approximate surface area is 118 Å². The zero-order valence-electron chi connectivity index (χ0n) is 11.9. The molecule has 108 valence electrons. The summed E-state index contributed by atoms with van der Waals surface area (Å²) in [5.74, 6) is -0.623. The normalized spacial score (nSPS) is 20.3. The summed E-state index contributed by atoms with van der Waals surface area (Å²) in [5, 5.41) is 2.71. The monoisotopic (exact) mass is 278 g/mol. The van der Waals surface area contributed by atoms with Crippen LogP contribution < -0.4 is 5.32 Å². The third-order valence-corrected chi connectivity index (χ3v) is 3.63. The summed E-state index contributed by atoms with van der Waals surface area (Å²) in [6.07, 6.45) is 0.259. The molecule has 0 aliphatic carbocycles. The van der Waals surface area contributed by atoms with Crippen molar-refractivity contribution in [3.05, 3.63) is 35.6 Å². The molecule has 1 aliphatic rings. The molecule has 1 fully saturated rings. The van der Waals surface area contributed by atoms with Gasteiger partial charge in [0.1, 0.15) is 11.4 Å². The van der Waals surface area contributed by atoms with Gasteiger partial charge in [-0.25, -0.2) is 4.39 Å². The molecule has 0 aromatic heterocycles. The van der Waals surface area contributed by atoms with E-state index in [1.165, 1.54) is 12.1 Å². The quantitative estimate of drug-likeness (QED) is 0.899. The SMILES string of the molecule is CC(c1cccc(F)c1)N1CCC(=O)NC(C)(C)C1=O. The Hall–Kier alpha value is -1.91. The molecular weight excluding hydrogens is 259 g/mol. The van der Waals surface area contributed by atoms with E-state index in [4.69, 9.17) is 0 Å². The van der Waals surface area contributed by atoms with Crippen molar-refractivity contribution < 1.29 is 14.0 Å². The Morgan fingerprint density at radius 3 is 2.70 bits per heavy atom. The van der Waals surface area contributed by atoms with Crippen molar-refractivity contribution >= 4 is 11.8 Å². The molecule has 1 heterocycles. The number of hydrogen-bond donors (Lipinski definition) is 1. The largest absolute Gasteiger partial charge is 0.342 e. The predicted octanol–water partition coefficient (Wildman–Crippen LogP) is 2.01. The zero-order chi connectivity index (χ0) is 14.9. The van der Waals surface area contributed by atoms with Crippen LogP contribution in [-0.4, -0.2) is 28.8 Å². The van der Waals surface area contributed by atoms with E-state index < -0.39 is 5.54 Å². The average molecular weight is 278 g/mol. The first kappa shape index (κ1) is 14.5. The minimum atomic E-state index is -0.935. The Bertz CT molecular complexity index is 542. The number of nitrogens with zero attached hydrogens (tertiary/aromatic N) is 1. The van der Waals surface area contributed by atoms with Gasteiger partial charge >= 0.3 is 0 Å². The van der Waals surface area contributed by atoms with E-state index in [1.807, 2.05) is 6.92 Å². The van der Waals surface area contributed by atoms with E-state index in [9.17, 15) is 14.0 Å². The van der Waals surface area contributed by atoms with E-state index in [-0.39, 0.29) is 30.1 Å². The number of carbonyl (C=O) groups is 2. The molecule has 0 bridgehead atoms. The van der Waals surface area contributed by atoms with Crippen LogP contribution in [0.2, 0.25) is 0 Å². The third-order valence-electron chi connectivity index (χ3n) is 3.63. The van der Waals surface area contributed by atoms with E-state index in [0.29, 0.717) is 6.54 Å². The summed E-state index contributed by atoms with van der Waals surface area (Å²) < 4.78 is 13.3. The molecule has 20 heavy (non-hydrogen) atoms. The van der Waals surface area contributed by atoms with Gasteiger partial charge in [-0.15, -0.1) is 0 Å². The summed E-state index contributed by atoms with van der Waals surface area (Å²) in [5.41, 5.74) is -0.210. The lowest BCUT2D eigenvalue weighted by molar-refractivity contribution is -0.139. The maximum absolute atomic E-state index is 13.3. The van der Waals surface area contributed by atoms with E-state index in [0.717, 1.165) is 5.56 Å².